The average Bonchev–Trinajstić information content (AvgIpc) is 3.31. The summed E-state index contributed by atoms with van der Waals surface area (Å²) >= 11 is 3.20. The standard InChI is InChI=1S/C22H20N2O5S2/c1-14(21(25)24-16-4-7-19-20(10-16)28-9-8-27-19)29-22(26)15-2-5-18(6-3-15)31-12-17-11-30-13-23-17/h2-7,10-11,13-14H,8-9,12H2,1H3,(H,24,25). The van der Waals surface area contributed by atoms with Crippen LogP contribution in [0.4, 0.5) is 5.69 Å². The van der Waals surface area contributed by atoms with Gasteiger partial charge in [-0.15, -0.1) is 23.1 Å². The number of aromatic nitrogens is 1. The van der Waals surface area contributed by atoms with E-state index < -0.39 is 18.0 Å². The van der Waals surface area contributed by atoms with E-state index in [0.717, 1.165) is 16.3 Å². The van der Waals surface area contributed by atoms with Crippen LogP contribution in [0.2, 0.25) is 0 Å². The van der Waals surface area contributed by atoms with Crippen molar-refractivity contribution >= 4 is 40.7 Å². The molecule has 1 aliphatic rings. The summed E-state index contributed by atoms with van der Waals surface area (Å²) in [6.07, 6.45) is -0.959. The lowest BCUT2D eigenvalue weighted by Crippen LogP contribution is -2.30. The number of hydrogen-bond acceptors (Lipinski definition) is 8. The minimum absolute atomic E-state index is 0.386. The van der Waals surface area contributed by atoms with Gasteiger partial charge in [-0.25, -0.2) is 9.78 Å². The topological polar surface area (TPSA) is 86.8 Å². The van der Waals surface area contributed by atoms with Gasteiger partial charge < -0.3 is 19.5 Å². The molecule has 4 rings (SSSR count). The van der Waals surface area contributed by atoms with Crippen LogP contribution >= 0.6 is 23.1 Å². The summed E-state index contributed by atoms with van der Waals surface area (Å²) in [5, 5.41) is 4.74. The third-order valence-corrected chi connectivity index (χ3v) is 6.10. The van der Waals surface area contributed by atoms with Crippen molar-refractivity contribution in [3.8, 4) is 11.5 Å². The van der Waals surface area contributed by atoms with E-state index in [9.17, 15) is 9.59 Å². The van der Waals surface area contributed by atoms with Crippen molar-refractivity contribution in [3.05, 3.63) is 64.6 Å². The molecule has 2 aromatic carbocycles. The molecule has 2 heterocycles. The second-order valence-corrected chi connectivity index (χ2v) is 8.46. The third-order valence-electron chi connectivity index (χ3n) is 4.42. The van der Waals surface area contributed by atoms with Crippen molar-refractivity contribution in [2.75, 3.05) is 18.5 Å². The van der Waals surface area contributed by atoms with Gasteiger partial charge in [0, 0.05) is 27.8 Å². The van der Waals surface area contributed by atoms with Gasteiger partial charge in [0.15, 0.2) is 17.6 Å². The molecule has 0 saturated carbocycles. The van der Waals surface area contributed by atoms with E-state index in [1.807, 2.05) is 17.5 Å². The van der Waals surface area contributed by atoms with Crippen LogP contribution < -0.4 is 14.8 Å². The van der Waals surface area contributed by atoms with Crippen LogP contribution in [0.3, 0.4) is 0 Å². The number of rotatable bonds is 7. The number of esters is 1. The van der Waals surface area contributed by atoms with Crippen molar-refractivity contribution in [3.63, 3.8) is 0 Å². The molecule has 1 N–H and O–H groups in total. The van der Waals surface area contributed by atoms with Gasteiger partial charge in [0.05, 0.1) is 16.8 Å². The van der Waals surface area contributed by atoms with Crippen LogP contribution in [-0.2, 0) is 15.3 Å². The highest BCUT2D eigenvalue weighted by Gasteiger charge is 2.20. The molecule has 1 aromatic heterocycles. The molecular formula is C22H20N2O5S2. The number of amides is 1. The van der Waals surface area contributed by atoms with Crippen LogP contribution in [0.1, 0.15) is 23.0 Å². The summed E-state index contributed by atoms with van der Waals surface area (Å²) < 4.78 is 16.3. The number of carbonyl (C=O) groups excluding carboxylic acids is 2. The van der Waals surface area contributed by atoms with E-state index in [1.54, 1.807) is 58.9 Å². The summed E-state index contributed by atoms with van der Waals surface area (Å²) in [5.41, 5.74) is 3.76. The van der Waals surface area contributed by atoms with Gasteiger partial charge in [0.25, 0.3) is 5.91 Å². The third kappa shape index (κ3) is 5.56. The Bertz CT molecular complexity index is 1050. The maximum Gasteiger partial charge on any atom is 0.338 e. The minimum Gasteiger partial charge on any atom is -0.486 e. The van der Waals surface area contributed by atoms with Crippen LogP contribution in [-0.4, -0.2) is 36.2 Å². The number of nitrogens with one attached hydrogen (secondary N) is 1. The van der Waals surface area contributed by atoms with Gasteiger partial charge in [-0.1, -0.05) is 0 Å². The smallest absolute Gasteiger partial charge is 0.338 e. The van der Waals surface area contributed by atoms with Crippen LogP contribution in [0.15, 0.2) is 58.3 Å². The fourth-order valence-corrected chi connectivity index (χ4v) is 4.27. The first-order chi connectivity index (χ1) is 15.1. The molecule has 0 saturated heterocycles. The van der Waals surface area contributed by atoms with Crippen molar-refractivity contribution in [1.82, 2.24) is 4.98 Å². The monoisotopic (exact) mass is 456 g/mol. The summed E-state index contributed by atoms with van der Waals surface area (Å²) in [6, 6.07) is 12.2. The molecule has 31 heavy (non-hydrogen) atoms. The van der Waals surface area contributed by atoms with Crippen LogP contribution in [0, 0.1) is 0 Å². The maximum absolute atomic E-state index is 12.4. The van der Waals surface area contributed by atoms with Crippen molar-refractivity contribution < 1.29 is 23.8 Å². The summed E-state index contributed by atoms with van der Waals surface area (Å²) in [6.45, 7) is 2.49. The molecule has 1 atom stereocenters. The molecule has 0 spiro atoms. The zero-order chi connectivity index (χ0) is 21.6. The van der Waals surface area contributed by atoms with E-state index >= 15 is 0 Å². The van der Waals surface area contributed by atoms with Gasteiger partial charge in [-0.3, -0.25) is 4.79 Å². The van der Waals surface area contributed by atoms with Crippen LogP contribution in [0.5, 0.6) is 11.5 Å². The first-order valence-corrected chi connectivity index (χ1v) is 11.5. The molecule has 0 radical (unpaired) electrons. The Balaban J connectivity index is 1.29. The normalized spacial score (nSPS) is 13.3. The summed E-state index contributed by atoms with van der Waals surface area (Å²) in [5.74, 6) is 0.990. The molecule has 1 amide bonds. The fraction of sp³-hybridized carbons (Fsp3) is 0.227. The number of fused-ring (bicyclic) bond motifs is 1. The van der Waals surface area contributed by atoms with Crippen molar-refractivity contribution in [2.24, 2.45) is 0 Å². The summed E-state index contributed by atoms with van der Waals surface area (Å²) in [7, 11) is 0. The average molecular weight is 457 g/mol. The van der Waals surface area contributed by atoms with Gasteiger partial charge in [-0.2, -0.15) is 0 Å². The lowest BCUT2D eigenvalue weighted by Gasteiger charge is -2.19. The highest BCUT2D eigenvalue weighted by Crippen LogP contribution is 2.32. The number of thiazole rings is 1. The molecule has 9 heteroatoms. The highest BCUT2D eigenvalue weighted by molar-refractivity contribution is 7.98. The van der Waals surface area contributed by atoms with Crippen molar-refractivity contribution in [2.45, 2.75) is 23.7 Å². The second kappa shape index (κ2) is 9.84. The molecule has 7 nitrogen and oxygen atoms in total. The largest absolute Gasteiger partial charge is 0.486 e. The zero-order valence-electron chi connectivity index (χ0n) is 16.7. The van der Waals surface area contributed by atoms with E-state index in [1.165, 1.54) is 6.92 Å². The second-order valence-electron chi connectivity index (χ2n) is 6.69. The first kappa shape index (κ1) is 21.2. The Kier molecular flexibility index (Phi) is 6.73. The van der Waals surface area contributed by atoms with E-state index in [2.05, 4.69) is 10.3 Å². The Morgan fingerprint density at radius 1 is 1.16 bits per heavy atom. The van der Waals surface area contributed by atoms with Gasteiger partial charge >= 0.3 is 5.97 Å². The number of ether oxygens (including phenoxy) is 3. The Labute approximate surface area is 187 Å². The molecule has 160 valence electrons. The molecule has 1 unspecified atom stereocenters. The number of carbonyl (C=O) groups is 2. The lowest BCUT2D eigenvalue weighted by molar-refractivity contribution is -0.123. The quantitative estimate of drug-likeness (QED) is 0.417. The first-order valence-electron chi connectivity index (χ1n) is 9.60. The molecule has 0 fully saturated rings. The fourth-order valence-electron chi connectivity index (χ4n) is 2.80. The molecule has 0 aliphatic carbocycles. The van der Waals surface area contributed by atoms with E-state index in [4.69, 9.17) is 14.2 Å². The molecule has 3 aromatic rings. The predicted octanol–water partition coefficient (Wildman–Crippen LogP) is 4.39. The number of benzene rings is 2. The van der Waals surface area contributed by atoms with Gasteiger partial charge in [-0.05, 0) is 43.3 Å². The number of thioether (sulfide) groups is 1. The summed E-state index contributed by atoms with van der Waals surface area (Å²) in [4.78, 5) is 30.1. The zero-order valence-corrected chi connectivity index (χ0v) is 18.3. The molecular weight excluding hydrogens is 436 g/mol. The number of anilines is 1. The molecule has 1 aliphatic heterocycles. The Morgan fingerprint density at radius 3 is 2.68 bits per heavy atom. The van der Waals surface area contributed by atoms with E-state index in [0.29, 0.717) is 36.0 Å². The number of hydrogen-bond donors (Lipinski definition) is 1. The highest BCUT2D eigenvalue weighted by atomic mass is 32.2. The Hall–Kier alpha value is -3.04. The van der Waals surface area contributed by atoms with Gasteiger partial charge in [0.1, 0.15) is 13.2 Å². The SMILES string of the molecule is CC(OC(=O)c1ccc(SCc2cscn2)cc1)C(=O)Nc1ccc2c(c1)OCCO2. The van der Waals surface area contributed by atoms with Crippen molar-refractivity contribution in [1.29, 1.82) is 0 Å². The maximum atomic E-state index is 12.4. The van der Waals surface area contributed by atoms with E-state index in [-0.39, 0.29) is 0 Å². The minimum atomic E-state index is -0.959. The lowest BCUT2D eigenvalue weighted by atomic mass is 10.2. The van der Waals surface area contributed by atoms with Crippen LogP contribution in [0.25, 0.3) is 0 Å². The Morgan fingerprint density at radius 2 is 1.94 bits per heavy atom. The molecule has 0 bridgehead atoms. The number of nitrogens with zero attached hydrogens (tertiary/aromatic N) is 1. The predicted molar refractivity (Wildman–Crippen MR) is 119 cm³/mol. The van der Waals surface area contributed by atoms with Gasteiger partial charge in [0.2, 0.25) is 0 Å².